The predicted octanol–water partition coefficient (Wildman–Crippen LogP) is 1.07. The van der Waals surface area contributed by atoms with Crippen LogP contribution in [0.2, 0.25) is 0 Å². The molecule has 0 aromatic carbocycles. The summed E-state index contributed by atoms with van der Waals surface area (Å²) in [5.74, 6) is -1.36. The van der Waals surface area contributed by atoms with Gasteiger partial charge in [0.2, 0.25) is 0 Å². The summed E-state index contributed by atoms with van der Waals surface area (Å²) in [4.78, 5) is 25.0. The summed E-state index contributed by atoms with van der Waals surface area (Å²) in [7, 11) is 0. The first-order chi connectivity index (χ1) is 8.95. The number of carboxylic acid groups (broad SMARTS) is 1. The van der Waals surface area contributed by atoms with Crippen LogP contribution in [0.4, 0.5) is 0 Å². The summed E-state index contributed by atoms with van der Waals surface area (Å²) >= 11 is 0. The van der Waals surface area contributed by atoms with Crippen molar-refractivity contribution in [1.82, 2.24) is 14.7 Å². The van der Waals surface area contributed by atoms with E-state index in [1.165, 1.54) is 0 Å². The Morgan fingerprint density at radius 3 is 2.58 bits per heavy atom. The van der Waals surface area contributed by atoms with E-state index in [-0.39, 0.29) is 5.91 Å². The summed E-state index contributed by atoms with van der Waals surface area (Å²) in [5, 5.41) is 13.3. The minimum Gasteiger partial charge on any atom is -0.481 e. The second-order valence-electron chi connectivity index (χ2n) is 4.94. The van der Waals surface area contributed by atoms with Gasteiger partial charge in [-0.2, -0.15) is 5.10 Å². The van der Waals surface area contributed by atoms with E-state index in [4.69, 9.17) is 5.11 Å². The second-order valence-corrected chi connectivity index (χ2v) is 4.94. The number of aliphatic carboxylic acids is 1. The maximum atomic E-state index is 12.5. The first-order valence-electron chi connectivity index (χ1n) is 6.51. The fraction of sp³-hybridized carbons (Fsp3) is 0.615. The fourth-order valence-corrected chi connectivity index (χ4v) is 2.62. The molecule has 0 aliphatic carbocycles. The van der Waals surface area contributed by atoms with Gasteiger partial charge in [-0.1, -0.05) is 0 Å². The normalized spacial score (nSPS) is 18.9. The summed E-state index contributed by atoms with van der Waals surface area (Å²) in [6.45, 7) is 7.19. The number of aryl methyl sites for hydroxylation is 2. The van der Waals surface area contributed by atoms with Crippen molar-refractivity contribution in [2.24, 2.45) is 5.92 Å². The first kappa shape index (κ1) is 13.6. The highest BCUT2D eigenvalue weighted by Gasteiger charge is 2.33. The molecule has 2 rings (SSSR count). The lowest BCUT2D eigenvalue weighted by molar-refractivity contribution is -0.141. The van der Waals surface area contributed by atoms with Gasteiger partial charge in [0.1, 0.15) is 0 Å². The molecule has 1 saturated heterocycles. The molecule has 104 valence electrons. The van der Waals surface area contributed by atoms with Crippen molar-refractivity contribution in [2.75, 3.05) is 13.1 Å². The van der Waals surface area contributed by atoms with Crippen LogP contribution in [-0.2, 0) is 11.3 Å². The molecule has 0 spiro atoms. The zero-order chi connectivity index (χ0) is 14.2. The average molecular weight is 265 g/mol. The highest BCUT2D eigenvalue weighted by Crippen LogP contribution is 2.22. The van der Waals surface area contributed by atoms with Crippen LogP contribution in [0.1, 0.15) is 35.1 Å². The first-order valence-corrected chi connectivity index (χ1v) is 6.51. The van der Waals surface area contributed by atoms with Crippen molar-refractivity contribution >= 4 is 11.9 Å². The Balaban J connectivity index is 2.22. The number of rotatable bonds is 3. The van der Waals surface area contributed by atoms with Crippen molar-refractivity contribution in [1.29, 1.82) is 0 Å². The smallest absolute Gasteiger partial charge is 0.308 e. The molecule has 0 bridgehead atoms. The van der Waals surface area contributed by atoms with Crippen LogP contribution >= 0.6 is 0 Å². The molecule has 19 heavy (non-hydrogen) atoms. The van der Waals surface area contributed by atoms with Crippen LogP contribution < -0.4 is 0 Å². The largest absolute Gasteiger partial charge is 0.481 e. The molecule has 1 unspecified atom stereocenters. The molecule has 6 heteroatoms. The highest BCUT2D eigenvalue weighted by atomic mass is 16.4. The summed E-state index contributed by atoms with van der Waals surface area (Å²) in [6, 6.07) is 0. The Morgan fingerprint density at radius 2 is 2.11 bits per heavy atom. The number of hydrogen-bond donors (Lipinski definition) is 1. The van der Waals surface area contributed by atoms with E-state index in [2.05, 4.69) is 5.10 Å². The topological polar surface area (TPSA) is 75.4 Å². The molecule has 6 nitrogen and oxygen atoms in total. The van der Waals surface area contributed by atoms with Gasteiger partial charge in [-0.25, -0.2) is 0 Å². The molecule has 1 amide bonds. The third kappa shape index (κ3) is 2.34. The third-order valence-electron chi connectivity index (χ3n) is 3.72. The second kappa shape index (κ2) is 5.03. The number of hydrogen-bond acceptors (Lipinski definition) is 3. The lowest BCUT2D eigenvalue weighted by Gasteiger charge is -2.16. The Bertz CT molecular complexity index is 521. The lowest BCUT2D eigenvalue weighted by Crippen LogP contribution is -2.30. The number of nitrogens with zero attached hydrogens (tertiary/aromatic N) is 3. The van der Waals surface area contributed by atoms with Gasteiger partial charge in [0.15, 0.2) is 0 Å². The van der Waals surface area contributed by atoms with Crippen LogP contribution in [0, 0.1) is 19.8 Å². The standard InChI is InChI=1S/C13H19N3O3/c1-4-16-9(3)11(8(2)14-16)12(17)15-6-5-10(7-15)13(18)19/h10H,4-7H2,1-3H3,(H,18,19). The molecule has 1 aliphatic rings. The van der Waals surface area contributed by atoms with Crippen LogP contribution in [0.25, 0.3) is 0 Å². The number of carboxylic acids is 1. The number of likely N-dealkylation sites (tertiary alicyclic amines) is 1. The van der Waals surface area contributed by atoms with E-state index >= 15 is 0 Å². The van der Waals surface area contributed by atoms with Crippen LogP contribution in [0.5, 0.6) is 0 Å². The van der Waals surface area contributed by atoms with Gasteiger partial charge in [0.25, 0.3) is 5.91 Å². The van der Waals surface area contributed by atoms with E-state index < -0.39 is 11.9 Å². The van der Waals surface area contributed by atoms with Gasteiger partial charge in [-0.3, -0.25) is 14.3 Å². The Kier molecular flexibility index (Phi) is 3.59. The molecule has 1 fully saturated rings. The molecule has 0 radical (unpaired) electrons. The molecule has 0 saturated carbocycles. The molecular formula is C13H19N3O3. The van der Waals surface area contributed by atoms with E-state index in [1.807, 2.05) is 20.8 Å². The van der Waals surface area contributed by atoms with E-state index in [9.17, 15) is 9.59 Å². The Hall–Kier alpha value is -1.85. The molecule has 1 aromatic heterocycles. The van der Waals surface area contributed by atoms with Gasteiger partial charge in [-0.05, 0) is 27.2 Å². The Morgan fingerprint density at radius 1 is 1.42 bits per heavy atom. The summed E-state index contributed by atoms with van der Waals surface area (Å²) in [6.07, 6.45) is 0.529. The quantitative estimate of drug-likeness (QED) is 0.887. The van der Waals surface area contributed by atoms with E-state index in [1.54, 1.807) is 9.58 Å². The Labute approximate surface area is 112 Å². The van der Waals surface area contributed by atoms with Gasteiger partial charge < -0.3 is 10.0 Å². The monoisotopic (exact) mass is 265 g/mol. The maximum absolute atomic E-state index is 12.5. The number of amides is 1. The van der Waals surface area contributed by atoms with Gasteiger partial charge in [0, 0.05) is 25.3 Å². The molecule has 2 heterocycles. The van der Waals surface area contributed by atoms with Crippen LogP contribution in [0.3, 0.4) is 0 Å². The zero-order valence-corrected chi connectivity index (χ0v) is 11.5. The predicted molar refractivity (Wildman–Crippen MR) is 69.0 cm³/mol. The third-order valence-corrected chi connectivity index (χ3v) is 3.72. The van der Waals surface area contributed by atoms with Crippen molar-refractivity contribution in [2.45, 2.75) is 33.7 Å². The molecule has 1 atom stereocenters. The number of carbonyl (C=O) groups excluding carboxylic acids is 1. The van der Waals surface area contributed by atoms with E-state index in [0.717, 1.165) is 12.2 Å². The van der Waals surface area contributed by atoms with Gasteiger partial charge in [0.05, 0.1) is 17.2 Å². The zero-order valence-electron chi connectivity index (χ0n) is 11.5. The van der Waals surface area contributed by atoms with Crippen LogP contribution in [0.15, 0.2) is 0 Å². The van der Waals surface area contributed by atoms with Crippen molar-refractivity contribution in [3.05, 3.63) is 17.0 Å². The summed E-state index contributed by atoms with van der Waals surface area (Å²) in [5.41, 5.74) is 2.18. The maximum Gasteiger partial charge on any atom is 0.308 e. The molecule has 1 aliphatic heterocycles. The molecule has 1 N–H and O–H groups in total. The summed E-state index contributed by atoms with van der Waals surface area (Å²) < 4.78 is 1.80. The highest BCUT2D eigenvalue weighted by molar-refractivity contribution is 5.97. The van der Waals surface area contributed by atoms with Gasteiger partial charge >= 0.3 is 5.97 Å². The molecular weight excluding hydrogens is 246 g/mol. The van der Waals surface area contributed by atoms with E-state index in [0.29, 0.717) is 30.8 Å². The minimum absolute atomic E-state index is 0.0987. The minimum atomic E-state index is -0.826. The number of aromatic nitrogens is 2. The van der Waals surface area contributed by atoms with Crippen molar-refractivity contribution < 1.29 is 14.7 Å². The van der Waals surface area contributed by atoms with Crippen molar-refractivity contribution in [3.63, 3.8) is 0 Å². The number of carbonyl (C=O) groups is 2. The average Bonchev–Trinajstić information content (AvgIpc) is 2.94. The fourth-order valence-electron chi connectivity index (χ4n) is 2.62. The van der Waals surface area contributed by atoms with Crippen molar-refractivity contribution in [3.8, 4) is 0 Å². The van der Waals surface area contributed by atoms with Gasteiger partial charge in [-0.15, -0.1) is 0 Å². The molecule has 1 aromatic rings. The SMILES string of the molecule is CCn1nc(C)c(C(=O)N2CCC(C(=O)O)C2)c1C. The van der Waals surface area contributed by atoms with Crippen LogP contribution in [-0.4, -0.2) is 44.8 Å². The lowest BCUT2D eigenvalue weighted by atomic mass is 10.1.